The van der Waals surface area contributed by atoms with Crippen LogP contribution in [0.2, 0.25) is 0 Å². The summed E-state index contributed by atoms with van der Waals surface area (Å²) >= 11 is 3.16. The Bertz CT molecular complexity index is 441. The summed E-state index contributed by atoms with van der Waals surface area (Å²) in [5, 5.41) is 0. The summed E-state index contributed by atoms with van der Waals surface area (Å²) in [7, 11) is 0. The average Bonchev–Trinajstić information content (AvgIpc) is 2.28. The Kier molecular flexibility index (Phi) is 5.33. The van der Waals surface area contributed by atoms with Crippen LogP contribution in [0.3, 0.4) is 0 Å². The molecule has 1 aromatic carbocycles. The molecule has 0 heterocycles. The van der Waals surface area contributed by atoms with Crippen LogP contribution in [0.15, 0.2) is 16.6 Å². The Morgan fingerprint density at radius 3 is 2.72 bits per heavy atom. The fourth-order valence-electron chi connectivity index (χ4n) is 1.37. The number of alkyl halides is 2. The molecular formula is C11H12BrF2NO3. The molecule has 0 amide bonds. The molecule has 0 unspecified atom stereocenters. The maximum Gasteiger partial charge on any atom is 0.387 e. The third kappa shape index (κ3) is 3.83. The summed E-state index contributed by atoms with van der Waals surface area (Å²) in [4.78, 5) is 11.4. The van der Waals surface area contributed by atoms with Gasteiger partial charge in [-0.25, -0.2) is 0 Å². The lowest BCUT2D eigenvalue weighted by molar-refractivity contribution is -0.142. The molecule has 0 spiro atoms. The third-order valence-corrected chi connectivity index (χ3v) is 2.81. The lowest BCUT2D eigenvalue weighted by Crippen LogP contribution is -2.12. The van der Waals surface area contributed by atoms with Crippen molar-refractivity contribution in [3.05, 3.63) is 22.2 Å². The Labute approximate surface area is 111 Å². The van der Waals surface area contributed by atoms with E-state index >= 15 is 0 Å². The Hall–Kier alpha value is -1.37. The molecule has 0 aliphatic heterocycles. The van der Waals surface area contributed by atoms with E-state index in [1.54, 1.807) is 13.0 Å². The Morgan fingerprint density at radius 1 is 1.50 bits per heavy atom. The molecule has 0 fully saturated rings. The molecule has 0 bridgehead atoms. The molecule has 0 saturated heterocycles. The monoisotopic (exact) mass is 323 g/mol. The van der Waals surface area contributed by atoms with Crippen molar-refractivity contribution in [1.82, 2.24) is 0 Å². The number of carbonyl (C=O) groups is 1. The third-order valence-electron chi connectivity index (χ3n) is 2.07. The number of benzene rings is 1. The number of ether oxygens (including phenoxy) is 2. The number of hydrogen-bond acceptors (Lipinski definition) is 4. The molecule has 4 nitrogen and oxygen atoms in total. The van der Waals surface area contributed by atoms with E-state index in [9.17, 15) is 13.6 Å². The number of anilines is 1. The summed E-state index contributed by atoms with van der Waals surface area (Å²) in [6.07, 6.45) is -0.193. The predicted octanol–water partition coefficient (Wildman–Crippen LogP) is 2.74. The topological polar surface area (TPSA) is 61.5 Å². The van der Waals surface area contributed by atoms with Gasteiger partial charge in [0.25, 0.3) is 0 Å². The van der Waals surface area contributed by atoms with Gasteiger partial charge in [0.1, 0.15) is 0 Å². The summed E-state index contributed by atoms with van der Waals surface area (Å²) < 4.78 is 34.1. The van der Waals surface area contributed by atoms with Crippen LogP contribution in [-0.2, 0) is 16.0 Å². The van der Waals surface area contributed by atoms with Crippen molar-refractivity contribution in [2.24, 2.45) is 0 Å². The number of esters is 1. The first-order valence-corrected chi connectivity index (χ1v) is 5.92. The van der Waals surface area contributed by atoms with Crippen molar-refractivity contribution >= 4 is 27.6 Å². The summed E-state index contributed by atoms with van der Waals surface area (Å²) in [6, 6.07) is 2.97. The summed E-state index contributed by atoms with van der Waals surface area (Å²) in [6.45, 7) is -1.14. The van der Waals surface area contributed by atoms with E-state index in [0.717, 1.165) is 0 Å². The number of halogens is 3. The average molecular weight is 324 g/mol. The fraction of sp³-hybridized carbons (Fsp3) is 0.364. The molecule has 1 rings (SSSR count). The van der Waals surface area contributed by atoms with E-state index in [1.165, 1.54) is 6.07 Å². The molecular weight excluding hydrogens is 312 g/mol. The van der Waals surface area contributed by atoms with Crippen LogP contribution in [-0.4, -0.2) is 19.2 Å². The highest BCUT2D eigenvalue weighted by molar-refractivity contribution is 9.10. The van der Waals surface area contributed by atoms with E-state index in [1.807, 2.05) is 0 Å². The minimum atomic E-state index is -3.01. The first kappa shape index (κ1) is 14.7. The van der Waals surface area contributed by atoms with Crippen molar-refractivity contribution < 1.29 is 23.0 Å². The fourth-order valence-corrected chi connectivity index (χ4v) is 1.82. The number of nitrogens with two attached hydrogens (primary N) is 1. The molecule has 100 valence electrons. The van der Waals surface area contributed by atoms with Crippen molar-refractivity contribution in [2.45, 2.75) is 20.0 Å². The van der Waals surface area contributed by atoms with E-state index in [2.05, 4.69) is 20.7 Å². The van der Waals surface area contributed by atoms with Crippen LogP contribution in [0.4, 0.5) is 14.5 Å². The second-order valence-corrected chi connectivity index (χ2v) is 4.16. The van der Waals surface area contributed by atoms with Gasteiger partial charge in [0, 0.05) is 10.0 Å². The smallest absolute Gasteiger partial charge is 0.387 e. The standard InChI is InChI=1S/C11H12BrF2NO3/c1-2-17-9(16)5-6-7(12)3-4-8(15)10(6)18-11(13)14/h3-4,11H,2,5,15H2,1H3. The van der Waals surface area contributed by atoms with Gasteiger partial charge in [-0.3, -0.25) is 4.79 Å². The van der Waals surface area contributed by atoms with Gasteiger partial charge >= 0.3 is 12.6 Å². The highest BCUT2D eigenvalue weighted by Gasteiger charge is 2.19. The van der Waals surface area contributed by atoms with Gasteiger partial charge in [-0.15, -0.1) is 0 Å². The van der Waals surface area contributed by atoms with Gasteiger partial charge in [-0.1, -0.05) is 15.9 Å². The van der Waals surface area contributed by atoms with Crippen molar-refractivity contribution in [3.8, 4) is 5.75 Å². The van der Waals surface area contributed by atoms with Crippen LogP contribution in [0.1, 0.15) is 12.5 Å². The minimum absolute atomic E-state index is 0.0396. The highest BCUT2D eigenvalue weighted by Crippen LogP contribution is 2.34. The number of hydrogen-bond donors (Lipinski definition) is 1. The zero-order chi connectivity index (χ0) is 13.7. The quantitative estimate of drug-likeness (QED) is 0.668. The van der Waals surface area contributed by atoms with E-state index in [-0.39, 0.29) is 30.0 Å². The number of rotatable bonds is 5. The van der Waals surface area contributed by atoms with E-state index in [4.69, 9.17) is 10.5 Å². The van der Waals surface area contributed by atoms with Gasteiger partial charge in [0.15, 0.2) is 5.75 Å². The molecule has 1 aromatic rings. The molecule has 0 aliphatic carbocycles. The van der Waals surface area contributed by atoms with Gasteiger partial charge < -0.3 is 15.2 Å². The molecule has 0 aromatic heterocycles. The SMILES string of the molecule is CCOC(=O)Cc1c(Br)ccc(N)c1OC(F)F. The van der Waals surface area contributed by atoms with Crippen LogP contribution in [0.25, 0.3) is 0 Å². The molecule has 0 atom stereocenters. The van der Waals surface area contributed by atoms with Crippen molar-refractivity contribution in [2.75, 3.05) is 12.3 Å². The van der Waals surface area contributed by atoms with Crippen LogP contribution < -0.4 is 10.5 Å². The van der Waals surface area contributed by atoms with Gasteiger partial charge in [0.05, 0.1) is 18.7 Å². The van der Waals surface area contributed by atoms with Crippen LogP contribution >= 0.6 is 15.9 Å². The largest absolute Gasteiger partial charge is 0.466 e. The minimum Gasteiger partial charge on any atom is -0.466 e. The lowest BCUT2D eigenvalue weighted by atomic mass is 10.1. The van der Waals surface area contributed by atoms with Crippen molar-refractivity contribution in [3.63, 3.8) is 0 Å². The maximum absolute atomic E-state index is 12.3. The second kappa shape index (κ2) is 6.53. The molecule has 0 aliphatic rings. The zero-order valence-corrected chi connectivity index (χ0v) is 11.2. The summed E-state index contributed by atoms with van der Waals surface area (Å²) in [5.41, 5.74) is 5.84. The van der Waals surface area contributed by atoms with Crippen molar-refractivity contribution in [1.29, 1.82) is 0 Å². The molecule has 0 saturated carbocycles. The normalized spacial score (nSPS) is 10.5. The van der Waals surface area contributed by atoms with Gasteiger partial charge in [-0.2, -0.15) is 8.78 Å². The van der Waals surface area contributed by atoms with Gasteiger partial charge in [0.2, 0.25) is 0 Å². The number of nitrogen functional groups attached to an aromatic ring is 1. The number of carbonyl (C=O) groups excluding carboxylic acids is 1. The highest BCUT2D eigenvalue weighted by atomic mass is 79.9. The lowest BCUT2D eigenvalue weighted by Gasteiger charge is -2.14. The first-order valence-electron chi connectivity index (χ1n) is 5.13. The second-order valence-electron chi connectivity index (χ2n) is 3.30. The maximum atomic E-state index is 12.3. The molecule has 0 radical (unpaired) electrons. The van der Waals surface area contributed by atoms with Gasteiger partial charge in [-0.05, 0) is 19.1 Å². The Morgan fingerprint density at radius 2 is 2.17 bits per heavy atom. The Balaban J connectivity index is 3.06. The molecule has 2 N–H and O–H groups in total. The van der Waals surface area contributed by atoms with Crippen LogP contribution in [0, 0.1) is 0 Å². The zero-order valence-electron chi connectivity index (χ0n) is 9.58. The predicted molar refractivity (Wildman–Crippen MR) is 65.5 cm³/mol. The van der Waals surface area contributed by atoms with E-state index in [0.29, 0.717) is 4.47 Å². The molecule has 7 heteroatoms. The summed E-state index contributed by atoms with van der Waals surface area (Å²) in [5.74, 6) is -0.740. The van der Waals surface area contributed by atoms with Crippen LogP contribution in [0.5, 0.6) is 5.75 Å². The van der Waals surface area contributed by atoms with E-state index < -0.39 is 12.6 Å². The molecule has 18 heavy (non-hydrogen) atoms. The first-order chi connectivity index (χ1) is 8.45.